The number of fused-ring (bicyclic) bond motifs is 2. The molecular formula is C52H58Cl2N12O4. The van der Waals surface area contributed by atoms with E-state index in [1.807, 2.05) is 114 Å². The van der Waals surface area contributed by atoms with Crippen LogP contribution in [-0.2, 0) is 9.59 Å². The van der Waals surface area contributed by atoms with Gasteiger partial charge in [-0.1, -0.05) is 64.3 Å². The molecule has 0 unspecified atom stereocenters. The quantitative estimate of drug-likeness (QED) is 0.0651. The fraction of sp³-hybridized carbons (Fsp3) is 0.231. The Balaban J connectivity index is 0.000000247. The van der Waals surface area contributed by atoms with E-state index in [2.05, 4.69) is 25.3 Å². The van der Waals surface area contributed by atoms with Crippen molar-refractivity contribution in [2.75, 3.05) is 26.2 Å². The number of aromatic amines is 2. The van der Waals surface area contributed by atoms with Gasteiger partial charge in [-0.15, -0.1) is 12.4 Å². The molecule has 364 valence electrons. The molecule has 5 N–H and O–H groups in total. The number of ether oxygens (including phenoxy) is 2. The Morgan fingerprint density at radius 1 is 0.714 bits per heavy atom. The van der Waals surface area contributed by atoms with Crippen LogP contribution in [0.3, 0.4) is 0 Å². The molecule has 2 aliphatic rings. The van der Waals surface area contributed by atoms with Gasteiger partial charge in [0, 0.05) is 30.8 Å². The predicted molar refractivity (Wildman–Crippen MR) is 277 cm³/mol. The van der Waals surface area contributed by atoms with E-state index in [0.29, 0.717) is 64.3 Å². The molecule has 4 aromatic carbocycles. The Kier molecular flexibility index (Phi) is 15.2. The van der Waals surface area contributed by atoms with Crippen LogP contribution in [0.5, 0.6) is 23.0 Å². The molecule has 8 aromatic rings. The monoisotopic (exact) mass is 992 g/mol. The number of likely N-dealkylation sites (tertiary alicyclic amines) is 1. The molecule has 2 atom stereocenters. The first-order valence-electron chi connectivity index (χ1n) is 25.3. The van der Waals surface area contributed by atoms with E-state index in [0.717, 1.165) is 48.6 Å². The molecule has 1 amide bonds. The van der Waals surface area contributed by atoms with E-state index in [1.54, 1.807) is 4.68 Å². The highest BCUT2D eigenvalue weighted by Gasteiger charge is 2.28. The summed E-state index contributed by atoms with van der Waals surface area (Å²) in [5.41, 5.74) is 3.92. The van der Waals surface area contributed by atoms with Gasteiger partial charge >= 0.3 is 0 Å². The number of hydrogen-bond donors (Lipinski definition) is 5. The van der Waals surface area contributed by atoms with Gasteiger partial charge in [0.05, 0.1) is 43.7 Å². The number of piperidine rings is 2. The number of nitrogens with one attached hydrogen (secondary N) is 5. The van der Waals surface area contributed by atoms with Crippen LogP contribution in [0.4, 0.5) is 0 Å². The summed E-state index contributed by atoms with van der Waals surface area (Å²) in [6, 6.07) is 32.5. The van der Waals surface area contributed by atoms with Crippen LogP contribution in [0.2, 0.25) is 0 Å². The van der Waals surface area contributed by atoms with Crippen molar-refractivity contribution in [2.45, 2.75) is 52.6 Å². The Labute approximate surface area is 428 Å². The van der Waals surface area contributed by atoms with Crippen molar-refractivity contribution in [3.8, 4) is 45.5 Å². The molecule has 0 aliphatic carbocycles. The van der Waals surface area contributed by atoms with Crippen LogP contribution < -0.4 is 25.8 Å². The summed E-state index contributed by atoms with van der Waals surface area (Å²) in [6.45, 7) is 0.783. The van der Waals surface area contributed by atoms with Crippen LogP contribution in [0, 0.1) is 10.8 Å². The second-order valence-corrected chi connectivity index (χ2v) is 15.7. The largest absolute Gasteiger partial charge is 0.457 e. The average molecular weight is 994 g/mol. The molecule has 0 spiro atoms. The number of carbonyl (C=O) groups excluding carboxylic acids is 2. The van der Waals surface area contributed by atoms with Gasteiger partial charge < -0.3 is 29.7 Å². The topological polar surface area (TPSA) is 209 Å². The summed E-state index contributed by atoms with van der Waals surface area (Å²) >= 11 is 4.70. The van der Waals surface area contributed by atoms with Crippen LogP contribution >= 0.6 is 24.0 Å². The minimum atomic E-state index is -1.06. The smallest absolute Gasteiger partial charge is 0.246 e. The number of hydrogen-bond acceptors (Lipinski definition) is 11. The molecule has 4 aromatic heterocycles. The Morgan fingerprint density at radius 2 is 1.19 bits per heavy atom. The maximum absolute atomic E-state index is 12.6. The molecule has 70 heavy (non-hydrogen) atoms. The Bertz CT molecular complexity index is 3530. The van der Waals surface area contributed by atoms with E-state index in [9.17, 15) is 9.59 Å². The fourth-order valence-electron chi connectivity index (χ4n) is 7.95. The van der Waals surface area contributed by atoms with Crippen molar-refractivity contribution in [3.05, 3.63) is 158 Å². The molecule has 2 aliphatic heterocycles. The highest BCUT2D eigenvalue weighted by Crippen LogP contribution is 2.33. The summed E-state index contributed by atoms with van der Waals surface area (Å²) < 4.78 is 72.9. The number of nitrogens with zero attached hydrogens (tertiary/aromatic N) is 7. The zero-order valence-electron chi connectivity index (χ0n) is 44.3. The van der Waals surface area contributed by atoms with Gasteiger partial charge in [-0.05, 0) is 129 Å². The number of rotatable bonds is 10. The minimum absolute atomic E-state index is 0. The zero-order valence-corrected chi connectivity index (χ0v) is 37.8. The molecule has 2 fully saturated rings. The highest BCUT2D eigenvalue weighted by atomic mass is 35.5. The molecule has 0 saturated carbocycles. The third-order valence-electron chi connectivity index (χ3n) is 11.0. The first-order valence-corrected chi connectivity index (χ1v) is 21.7. The van der Waals surface area contributed by atoms with Gasteiger partial charge in [-0.3, -0.25) is 20.4 Å². The van der Waals surface area contributed by atoms with Gasteiger partial charge in [0.15, 0.2) is 11.0 Å². The van der Waals surface area contributed by atoms with E-state index < -0.39 is 36.3 Å². The van der Waals surface area contributed by atoms with Crippen LogP contribution in [0.15, 0.2) is 147 Å². The summed E-state index contributed by atoms with van der Waals surface area (Å²) in [5.74, 6) is 2.20. The normalized spacial score (nSPS) is 16.4. The number of para-hydroxylation sites is 2. The molecule has 0 radical (unpaired) electrons. The van der Waals surface area contributed by atoms with Crippen molar-refractivity contribution >= 4 is 57.2 Å². The molecule has 6 heterocycles. The maximum Gasteiger partial charge on any atom is 0.246 e. The standard InChI is InChI=1S/C25H24N6O2.C22H22N6O.C3H3ClO.2CH4.ClH/c1-2-21(32)30-14-6-7-18(15-30)31-25-22(24(26)27-16-28-25)23(29-31)17-10-12-20(13-11-17)33-19-8-4-3-5-9-19;23-21-19-20(15-8-10-18(11-9-15)29-17-6-2-1-3-7-17)27-28(22(19)26-14-25-21)16-5-4-12-24-13-16;1-2-3(4)5;;;/h2-5,8-13,16,18H,1,6-7,14-15H2,(H2,26,27,28);1-3,6-11,14,16,24H,4-5,12-13H2,(H2,23,25,26);2H,1H2;2*1H4;1H/t18-;16-;;;;/m11..../s1/i1D2,2D,16D;14D;1D2,2D;;;. The number of halogens is 2. The molecule has 10 rings (SSSR count). The molecule has 18 heteroatoms. The van der Waals surface area contributed by atoms with Gasteiger partial charge in [-0.2, -0.15) is 10.2 Å². The Morgan fingerprint density at radius 3 is 1.63 bits per heavy atom. The highest BCUT2D eigenvalue weighted by molar-refractivity contribution is 6.66. The van der Waals surface area contributed by atoms with Crippen molar-refractivity contribution in [1.29, 1.82) is 10.8 Å². The van der Waals surface area contributed by atoms with Gasteiger partial charge in [0.2, 0.25) is 11.1 Å². The number of amides is 1. The third kappa shape index (κ3) is 12.5. The van der Waals surface area contributed by atoms with Crippen LogP contribution in [-0.4, -0.2) is 81.7 Å². The number of benzene rings is 4. The van der Waals surface area contributed by atoms with E-state index in [-0.39, 0.29) is 69.5 Å². The fourth-order valence-corrected chi connectivity index (χ4v) is 7.95. The summed E-state index contributed by atoms with van der Waals surface area (Å²) in [7, 11) is 0. The molecule has 0 bridgehead atoms. The number of allylic oxidation sites excluding steroid dienone is 1. The van der Waals surface area contributed by atoms with E-state index in [1.165, 1.54) is 4.90 Å². The van der Waals surface area contributed by atoms with Crippen molar-refractivity contribution in [1.82, 2.24) is 49.7 Å². The second-order valence-electron chi connectivity index (χ2n) is 15.4. The molecule has 2 saturated heterocycles. The van der Waals surface area contributed by atoms with Gasteiger partial charge in [0.1, 0.15) is 48.4 Å². The average Bonchev–Trinajstić information content (AvgIpc) is 4.03. The van der Waals surface area contributed by atoms with Gasteiger partial charge in [0.25, 0.3) is 0 Å². The Hall–Kier alpha value is -7.66. The van der Waals surface area contributed by atoms with Crippen molar-refractivity contribution in [3.63, 3.8) is 0 Å². The third-order valence-corrected chi connectivity index (χ3v) is 11.1. The minimum Gasteiger partial charge on any atom is -0.457 e. The lowest BCUT2D eigenvalue weighted by Gasteiger charge is -2.32. The number of H-pyrrole nitrogens is 2. The van der Waals surface area contributed by atoms with Crippen LogP contribution in [0.25, 0.3) is 44.6 Å². The van der Waals surface area contributed by atoms with Crippen molar-refractivity contribution < 1.29 is 30.0 Å². The SMILES string of the molecule is C.C.Cl.[2H]C([2H])=C([2H])C(=O)Cl.[2H]C([2H])=C([2H])C(=O)N1CCC[C@@H](n2nc(-c3ccc(Oc4ccccc4)cc3)c3c(=N)nc([2H])[nH]c32)C1.[2H]c1nc(=N)c2c(-c3ccc(Oc4ccccc4)cc3)nn([C@@H]3CCCNC3)c2[nH]1. The summed E-state index contributed by atoms with van der Waals surface area (Å²) in [5, 5.41) is 29.9. The zero-order chi connectivity index (χ0) is 53.3. The van der Waals surface area contributed by atoms with Crippen molar-refractivity contribution in [2.24, 2.45) is 0 Å². The summed E-state index contributed by atoms with van der Waals surface area (Å²) in [6.07, 6.45) is 3.19. The van der Waals surface area contributed by atoms with Gasteiger partial charge in [-0.25, -0.2) is 19.3 Å². The second kappa shape index (κ2) is 25.1. The number of carbonyl (C=O) groups is 2. The predicted octanol–water partition coefficient (Wildman–Crippen LogP) is 10.3. The first-order chi connectivity index (χ1) is 36.1. The first kappa shape index (κ1) is 42.4. The van der Waals surface area contributed by atoms with E-state index in [4.69, 9.17) is 53.1 Å². The summed E-state index contributed by atoms with van der Waals surface area (Å²) in [4.78, 5) is 37.8. The molecular weight excluding hydrogens is 928 g/mol. The van der Waals surface area contributed by atoms with Crippen LogP contribution in [0.1, 0.15) is 63.6 Å². The lowest BCUT2D eigenvalue weighted by Crippen LogP contribution is -2.40. The van der Waals surface area contributed by atoms with E-state index >= 15 is 0 Å². The maximum atomic E-state index is 12.6. The lowest BCUT2D eigenvalue weighted by molar-refractivity contribution is -0.127. The molecule has 16 nitrogen and oxygen atoms in total. The number of aromatic nitrogens is 8. The lowest BCUT2D eigenvalue weighted by atomic mass is 10.1.